The smallest absolute Gasteiger partial charge is 0.152 e. The molecule has 1 aromatic heterocycles. The molecule has 0 radical (unpaired) electrons. The van der Waals surface area contributed by atoms with E-state index in [-0.39, 0.29) is 0 Å². The van der Waals surface area contributed by atoms with Crippen molar-refractivity contribution in [3.8, 4) is 11.1 Å². The van der Waals surface area contributed by atoms with Crippen molar-refractivity contribution in [1.29, 1.82) is 0 Å². The van der Waals surface area contributed by atoms with Crippen LogP contribution < -0.4 is 10.6 Å². The number of aromatic nitrogens is 1. The Morgan fingerprint density at radius 1 is 1.05 bits per heavy atom. The SMILES string of the molecule is Nc1c(-c2ccccc2)ccnc1N1CCOCC1. The molecule has 4 heteroatoms. The summed E-state index contributed by atoms with van der Waals surface area (Å²) in [5.41, 5.74) is 9.21. The Balaban J connectivity index is 1.99. The quantitative estimate of drug-likeness (QED) is 0.893. The summed E-state index contributed by atoms with van der Waals surface area (Å²) in [6.07, 6.45) is 1.82. The van der Waals surface area contributed by atoms with Crippen molar-refractivity contribution in [2.75, 3.05) is 36.9 Å². The fourth-order valence-corrected chi connectivity index (χ4v) is 2.36. The number of nitrogens with two attached hydrogens (primary N) is 1. The molecular formula is C15H17N3O. The van der Waals surface area contributed by atoms with Gasteiger partial charge < -0.3 is 15.4 Å². The number of rotatable bonds is 2. The molecule has 3 rings (SSSR count). The van der Waals surface area contributed by atoms with E-state index in [1.54, 1.807) is 0 Å². The minimum absolute atomic E-state index is 0.733. The molecule has 1 fully saturated rings. The van der Waals surface area contributed by atoms with Gasteiger partial charge in [0.1, 0.15) is 0 Å². The third kappa shape index (κ3) is 2.39. The van der Waals surface area contributed by atoms with Gasteiger partial charge in [-0.05, 0) is 11.6 Å². The van der Waals surface area contributed by atoms with Crippen molar-refractivity contribution in [2.45, 2.75) is 0 Å². The van der Waals surface area contributed by atoms with Crippen molar-refractivity contribution in [3.63, 3.8) is 0 Å². The Bertz CT molecular complexity index is 551. The third-order valence-electron chi connectivity index (χ3n) is 3.36. The van der Waals surface area contributed by atoms with E-state index in [1.807, 2.05) is 30.5 Å². The Morgan fingerprint density at radius 2 is 1.79 bits per heavy atom. The predicted octanol–water partition coefficient (Wildman–Crippen LogP) is 2.17. The van der Waals surface area contributed by atoms with E-state index in [0.29, 0.717) is 0 Å². The molecule has 4 nitrogen and oxygen atoms in total. The molecule has 2 N–H and O–H groups in total. The molecule has 2 aromatic rings. The fourth-order valence-electron chi connectivity index (χ4n) is 2.36. The maximum atomic E-state index is 6.30. The fraction of sp³-hybridized carbons (Fsp3) is 0.267. The molecule has 19 heavy (non-hydrogen) atoms. The van der Waals surface area contributed by atoms with Gasteiger partial charge in [-0.1, -0.05) is 30.3 Å². The Labute approximate surface area is 112 Å². The lowest BCUT2D eigenvalue weighted by Gasteiger charge is -2.29. The average Bonchev–Trinajstić information content (AvgIpc) is 2.49. The number of hydrogen-bond donors (Lipinski definition) is 1. The lowest BCUT2D eigenvalue weighted by atomic mass is 10.1. The van der Waals surface area contributed by atoms with Gasteiger partial charge in [-0.3, -0.25) is 0 Å². The second kappa shape index (κ2) is 5.28. The van der Waals surface area contributed by atoms with Crippen LogP contribution in [0, 0.1) is 0 Å². The maximum Gasteiger partial charge on any atom is 0.152 e. The number of hydrogen-bond acceptors (Lipinski definition) is 4. The largest absolute Gasteiger partial charge is 0.395 e. The molecule has 0 atom stereocenters. The summed E-state index contributed by atoms with van der Waals surface area (Å²) in [6.45, 7) is 3.15. The highest BCUT2D eigenvalue weighted by Crippen LogP contribution is 2.32. The zero-order valence-electron chi connectivity index (χ0n) is 10.7. The summed E-state index contributed by atoms with van der Waals surface area (Å²) < 4.78 is 5.37. The molecule has 1 aliphatic heterocycles. The van der Waals surface area contributed by atoms with Crippen molar-refractivity contribution >= 4 is 11.5 Å². The highest BCUT2D eigenvalue weighted by molar-refractivity contribution is 5.83. The number of morpholine rings is 1. The van der Waals surface area contributed by atoms with Crippen LogP contribution in [-0.4, -0.2) is 31.3 Å². The van der Waals surface area contributed by atoms with E-state index in [2.05, 4.69) is 22.0 Å². The van der Waals surface area contributed by atoms with Crippen LogP contribution in [0.3, 0.4) is 0 Å². The molecule has 0 amide bonds. The number of nitrogens with zero attached hydrogens (tertiary/aromatic N) is 2. The summed E-state index contributed by atoms with van der Waals surface area (Å²) in [6, 6.07) is 12.1. The van der Waals surface area contributed by atoms with Crippen LogP contribution in [-0.2, 0) is 4.74 Å². The van der Waals surface area contributed by atoms with Gasteiger partial charge in [-0.15, -0.1) is 0 Å². The number of anilines is 2. The number of benzene rings is 1. The number of ether oxygens (including phenoxy) is 1. The van der Waals surface area contributed by atoms with E-state index in [0.717, 1.165) is 48.9 Å². The van der Waals surface area contributed by atoms with E-state index in [1.165, 1.54) is 0 Å². The van der Waals surface area contributed by atoms with Crippen LogP contribution in [0.25, 0.3) is 11.1 Å². The summed E-state index contributed by atoms with van der Waals surface area (Å²) in [4.78, 5) is 6.62. The zero-order chi connectivity index (χ0) is 13.1. The van der Waals surface area contributed by atoms with Crippen molar-refractivity contribution in [3.05, 3.63) is 42.6 Å². The van der Waals surface area contributed by atoms with Crippen molar-refractivity contribution in [1.82, 2.24) is 4.98 Å². The van der Waals surface area contributed by atoms with Crippen molar-refractivity contribution in [2.24, 2.45) is 0 Å². The zero-order valence-corrected chi connectivity index (χ0v) is 10.7. The summed E-state index contributed by atoms with van der Waals surface area (Å²) >= 11 is 0. The predicted molar refractivity (Wildman–Crippen MR) is 77.1 cm³/mol. The molecule has 0 bridgehead atoms. The van der Waals surface area contributed by atoms with Gasteiger partial charge in [0.05, 0.1) is 18.9 Å². The van der Waals surface area contributed by atoms with Crippen LogP contribution in [0.2, 0.25) is 0 Å². The second-order valence-corrected chi connectivity index (χ2v) is 4.56. The molecule has 0 saturated carbocycles. The highest BCUT2D eigenvalue weighted by atomic mass is 16.5. The first-order valence-corrected chi connectivity index (χ1v) is 6.49. The van der Waals surface area contributed by atoms with Gasteiger partial charge >= 0.3 is 0 Å². The molecule has 98 valence electrons. The van der Waals surface area contributed by atoms with E-state index < -0.39 is 0 Å². The minimum Gasteiger partial charge on any atom is -0.395 e. The third-order valence-corrected chi connectivity index (χ3v) is 3.36. The van der Waals surface area contributed by atoms with Gasteiger partial charge in [0.2, 0.25) is 0 Å². The summed E-state index contributed by atoms with van der Waals surface area (Å²) in [7, 11) is 0. The van der Waals surface area contributed by atoms with Crippen LogP contribution >= 0.6 is 0 Å². The first-order chi connectivity index (χ1) is 9.36. The summed E-state index contributed by atoms with van der Waals surface area (Å²) in [5.74, 6) is 0.865. The van der Waals surface area contributed by atoms with Crippen LogP contribution in [0.5, 0.6) is 0 Å². The van der Waals surface area contributed by atoms with Crippen molar-refractivity contribution < 1.29 is 4.74 Å². The van der Waals surface area contributed by atoms with E-state index in [4.69, 9.17) is 10.5 Å². The first kappa shape index (κ1) is 12.0. The normalized spacial score (nSPS) is 15.5. The lowest BCUT2D eigenvalue weighted by Crippen LogP contribution is -2.37. The molecule has 1 aliphatic rings. The Morgan fingerprint density at radius 3 is 2.53 bits per heavy atom. The van der Waals surface area contributed by atoms with Crippen LogP contribution in [0.1, 0.15) is 0 Å². The molecule has 1 aromatic carbocycles. The molecule has 1 saturated heterocycles. The van der Waals surface area contributed by atoms with Gasteiger partial charge in [0.15, 0.2) is 5.82 Å². The topological polar surface area (TPSA) is 51.4 Å². The highest BCUT2D eigenvalue weighted by Gasteiger charge is 2.17. The molecule has 0 aliphatic carbocycles. The minimum atomic E-state index is 0.733. The molecular weight excluding hydrogens is 238 g/mol. The summed E-state index contributed by atoms with van der Waals surface area (Å²) in [5, 5.41) is 0. The lowest BCUT2D eigenvalue weighted by molar-refractivity contribution is 0.122. The van der Waals surface area contributed by atoms with Gasteiger partial charge in [-0.2, -0.15) is 0 Å². The van der Waals surface area contributed by atoms with E-state index in [9.17, 15) is 0 Å². The Kier molecular flexibility index (Phi) is 3.33. The standard InChI is InChI=1S/C15H17N3O/c16-14-13(12-4-2-1-3-5-12)6-7-17-15(14)18-8-10-19-11-9-18/h1-7H,8-11,16H2. The molecule has 0 spiro atoms. The Hall–Kier alpha value is -2.07. The number of pyridine rings is 1. The number of nitrogen functional groups attached to an aromatic ring is 1. The van der Waals surface area contributed by atoms with Gasteiger partial charge in [-0.25, -0.2) is 4.98 Å². The van der Waals surface area contributed by atoms with Gasteiger partial charge in [0, 0.05) is 24.8 Å². The maximum absolute atomic E-state index is 6.30. The average molecular weight is 255 g/mol. The van der Waals surface area contributed by atoms with Gasteiger partial charge in [0.25, 0.3) is 0 Å². The van der Waals surface area contributed by atoms with E-state index >= 15 is 0 Å². The van der Waals surface area contributed by atoms with Crippen LogP contribution in [0.15, 0.2) is 42.6 Å². The monoisotopic (exact) mass is 255 g/mol. The first-order valence-electron chi connectivity index (χ1n) is 6.49. The second-order valence-electron chi connectivity index (χ2n) is 4.56. The van der Waals surface area contributed by atoms with Crippen LogP contribution in [0.4, 0.5) is 11.5 Å². The molecule has 2 heterocycles. The molecule has 0 unspecified atom stereocenters.